The molecule has 0 amide bonds. The summed E-state index contributed by atoms with van der Waals surface area (Å²) >= 11 is 3.37. The molecular formula is C16H20BrN3O. The molecule has 0 saturated heterocycles. The van der Waals surface area contributed by atoms with Gasteiger partial charge in [0.05, 0.1) is 11.9 Å². The number of nitrogens with one attached hydrogen (secondary N) is 1. The van der Waals surface area contributed by atoms with Crippen LogP contribution in [0.1, 0.15) is 24.5 Å². The maximum Gasteiger partial charge on any atom is 0.283 e. The van der Waals surface area contributed by atoms with Crippen LogP contribution in [-0.4, -0.2) is 16.3 Å². The summed E-state index contributed by atoms with van der Waals surface area (Å²) in [5, 5.41) is 7.46. The fraction of sp³-hybridized carbons (Fsp3) is 0.375. The number of aromatic nitrogens is 2. The maximum atomic E-state index is 12.1. The van der Waals surface area contributed by atoms with Gasteiger partial charge < -0.3 is 5.32 Å². The van der Waals surface area contributed by atoms with Crippen molar-refractivity contribution in [2.24, 2.45) is 0 Å². The van der Waals surface area contributed by atoms with Gasteiger partial charge in [-0.25, -0.2) is 4.68 Å². The first-order valence-electron chi connectivity index (χ1n) is 7.17. The zero-order chi connectivity index (χ0) is 15.2. The van der Waals surface area contributed by atoms with Crippen LogP contribution in [0.15, 0.2) is 39.7 Å². The first-order chi connectivity index (χ1) is 10.1. The third-order valence-electron chi connectivity index (χ3n) is 3.39. The van der Waals surface area contributed by atoms with Crippen molar-refractivity contribution in [2.45, 2.75) is 33.2 Å². The highest BCUT2D eigenvalue weighted by Gasteiger charge is 2.08. The Labute approximate surface area is 133 Å². The van der Waals surface area contributed by atoms with Crippen molar-refractivity contribution in [3.05, 3.63) is 56.4 Å². The molecule has 112 valence electrons. The lowest BCUT2D eigenvalue weighted by molar-refractivity contribution is 0.566. The van der Waals surface area contributed by atoms with Gasteiger partial charge in [0.15, 0.2) is 0 Å². The minimum atomic E-state index is -0.0854. The standard InChI is InChI=1S/C16H20BrN3O/c1-3-10-20-16(21)15(17)14(11-19-20)18-9-8-13-7-5-4-6-12(13)2/h4-7,11,18H,3,8-10H2,1-2H3. The molecule has 2 rings (SSSR count). The average molecular weight is 350 g/mol. The number of benzene rings is 1. The predicted molar refractivity (Wildman–Crippen MR) is 89.9 cm³/mol. The molecule has 0 radical (unpaired) electrons. The second-order valence-electron chi connectivity index (χ2n) is 5.00. The summed E-state index contributed by atoms with van der Waals surface area (Å²) < 4.78 is 2.03. The molecular weight excluding hydrogens is 330 g/mol. The summed E-state index contributed by atoms with van der Waals surface area (Å²) in [5.41, 5.74) is 3.27. The average Bonchev–Trinajstić information content (AvgIpc) is 2.48. The molecule has 1 aromatic heterocycles. The monoisotopic (exact) mass is 349 g/mol. The minimum absolute atomic E-state index is 0.0854. The minimum Gasteiger partial charge on any atom is -0.382 e. The van der Waals surface area contributed by atoms with Gasteiger partial charge in [-0.3, -0.25) is 4.79 Å². The van der Waals surface area contributed by atoms with Crippen molar-refractivity contribution < 1.29 is 0 Å². The predicted octanol–water partition coefficient (Wildman–Crippen LogP) is 3.38. The number of aryl methyl sites for hydroxylation is 2. The van der Waals surface area contributed by atoms with E-state index < -0.39 is 0 Å². The molecule has 0 saturated carbocycles. The largest absolute Gasteiger partial charge is 0.382 e. The molecule has 0 aliphatic carbocycles. The van der Waals surface area contributed by atoms with Crippen molar-refractivity contribution in [1.82, 2.24) is 9.78 Å². The second-order valence-corrected chi connectivity index (χ2v) is 5.80. The third kappa shape index (κ3) is 3.94. The Morgan fingerprint density at radius 3 is 2.81 bits per heavy atom. The molecule has 0 fully saturated rings. The Morgan fingerprint density at radius 2 is 2.10 bits per heavy atom. The van der Waals surface area contributed by atoms with Crippen molar-refractivity contribution in [3.63, 3.8) is 0 Å². The number of hydrogen-bond donors (Lipinski definition) is 1. The summed E-state index contributed by atoms with van der Waals surface area (Å²) in [5.74, 6) is 0. The third-order valence-corrected chi connectivity index (χ3v) is 4.16. The van der Waals surface area contributed by atoms with E-state index in [0.717, 1.165) is 25.1 Å². The Hall–Kier alpha value is -1.62. The summed E-state index contributed by atoms with van der Waals surface area (Å²) in [4.78, 5) is 12.1. The Kier molecular flexibility index (Phi) is 5.56. The molecule has 0 atom stereocenters. The number of nitrogens with zero attached hydrogens (tertiary/aromatic N) is 2. The Bertz CT molecular complexity index is 667. The molecule has 0 unspecified atom stereocenters. The highest BCUT2D eigenvalue weighted by molar-refractivity contribution is 9.10. The van der Waals surface area contributed by atoms with Gasteiger partial charge in [0, 0.05) is 13.1 Å². The molecule has 1 N–H and O–H groups in total. The van der Waals surface area contributed by atoms with Crippen LogP contribution in [0.3, 0.4) is 0 Å². The van der Waals surface area contributed by atoms with Crippen LogP contribution in [0.5, 0.6) is 0 Å². The molecule has 1 heterocycles. The van der Waals surface area contributed by atoms with Crippen molar-refractivity contribution >= 4 is 21.6 Å². The van der Waals surface area contributed by atoms with Gasteiger partial charge in [-0.15, -0.1) is 0 Å². The normalized spacial score (nSPS) is 10.6. The van der Waals surface area contributed by atoms with Gasteiger partial charge in [-0.1, -0.05) is 31.2 Å². The van der Waals surface area contributed by atoms with E-state index in [4.69, 9.17) is 0 Å². The molecule has 0 bridgehead atoms. The van der Waals surface area contributed by atoms with Crippen LogP contribution in [0, 0.1) is 6.92 Å². The van der Waals surface area contributed by atoms with E-state index in [9.17, 15) is 4.79 Å². The second kappa shape index (κ2) is 7.41. The van der Waals surface area contributed by atoms with E-state index in [0.29, 0.717) is 11.0 Å². The smallest absolute Gasteiger partial charge is 0.283 e. The number of halogens is 1. The molecule has 0 aliphatic heterocycles. The van der Waals surface area contributed by atoms with E-state index >= 15 is 0 Å². The maximum absolute atomic E-state index is 12.1. The van der Waals surface area contributed by atoms with Crippen LogP contribution in [0.2, 0.25) is 0 Å². The Balaban J connectivity index is 2.03. The lowest BCUT2D eigenvalue weighted by Gasteiger charge is -2.11. The number of rotatable bonds is 6. The van der Waals surface area contributed by atoms with Crippen LogP contribution >= 0.6 is 15.9 Å². The van der Waals surface area contributed by atoms with E-state index in [1.807, 2.05) is 19.1 Å². The molecule has 21 heavy (non-hydrogen) atoms. The topological polar surface area (TPSA) is 46.9 Å². The summed E-state index contributed by atoms with van der Waals surface area (Å²) in [6, 6.07) is 8.33. The zero-order valence-electron chi connectivity index (χ0n) is 12.4. The lowest BCUT2D eigenvalue weighted by atomic mass is 10.1. The van der Waals surface area contributed by atoms with E-state index in [-0.39, 0.29) is 5.56 Å². The quantitative estimate of drug-likeness (QED) is 0.869. The number of hydrogen-bond acceptors (Lipinski definition) is 3. The van der Waals surface area contributed by atoms with Crippen molar-refractivity contribution in [3.8, 4) is 0 Å². The lowest BCUT2D eigenvalue weighted by Crippen LogP contribution is -2.24. The molecule has 0 spiro atoms. The van der Waals surface area contributed by atoms with Gasteiger partial charge in [0.25, 0.3) is 5.56 Å². The van der Waals surface area contributed by atoms with Gasteiger partial charge in [0.2, 0.25) is 0 Å². The fourth-order valence-corrected chi connectivity index (χ4v) is 2.63. The highest BCUT2D eigenvalue weighted by atomic mass is 79.9. The summed E-state index contributed by atoms with van der Waals surface area (Å²) in [6.07, 6.45) is 3.51. The molecule has 2 aromatic rings. The van der Waals surface area contributed by atoms with Crippen molar-refractivity contribution in [1.29, 1.82) is 0 Å². The van der Waals surface area contributed by atoms with Gasteiger partial charge in [0.1, 0.15) is 4.47 Å². The molecule has 1 aromatic carbocycles. The van der Waals surface area contributed by atoms with Crippen LogP contribution in [0.25, 0.3) is 0 Å². The summed E-state index contributed by atoms with van der Waals surface area (Å²) in [7, 11) is 0. The van der Waals surface area contributed by atoms with Crippen molar-refractivity contribution in [2.75, 3.05) is 11.9 Å². The van der Waals surface area contributed by atoms with Gasteiger partial charge in [-0.05, 0) is 46.8 Å². The van der Waals surface area contributed by atoms with Crippen LogP contribution in [0.4, 0.5) is 5.69 Å². The fourth-order valence-electron chi connectivity index (χ4n) is 2.18. The van der Waals surface area contributed by atoms with E-state index in [1.165, 1.54) is 15.8 Å². The first-order valence-corrected chi connectivity index (χ1v) is 7.96. The molecule has 5 heteroatoms. The van der Waals surface area contributed by atoms with E-state index in [2.05, 4.69) is 45.4 Å². The van der Waals surface area contributed by atoms with Gasteiger partial charge in [-0.2, -0.15) is 5.10 Å². The summed E-state index contributed by atoms with van der Waals surface area (Å²) in [6.45, 7) is 5.54. The van der Waals surface area contributed by atoms with Crippen LogP contribution < -0.4 is 10.9 Å². The highest BCUT2D eigenvalue weighted by Crippen LogP contribution is 2.16. The Morgan fingerprint density at radius 1 is 1.33 bits per heavy atom. The molecule has 4 nitrogen and oxygen atoms in total. The number of anilines is 1. The molecule has 0 aliphatic rings. The van der Waals surface area contributed by atoms with Crippen LogP contribution in [-0.2, 0) is 13.0 Å². The van der Waals surface area contributed by atoms with E-state index in [1.54, 1.807) is 6.20 Å². The zero-order valence-corrected chi connectivity index (χ0v) is 14.0. The SMILES string of the molecule is CCCn1ncc(NCCc2ccccc2C)c(Br)c1=O. The van der Waals surface area contributed by atoms with Gasteiger partial charge >= 0.3 is 0 Å². The first kappa shape index (κ1) is 15.8.